The maximum absolute atomic E-state index is 11.9. The predicted molar refractivity (Wildman–Crippen MR) is 69.3 cm³/mol. The summed E-state index contributed by atoms with van der Waals surface area (Å²) in [4.78, 5) is 11.9. The molecule has 2 aromatic rings. The Hall–Kier alpha value is -1.88. The first-order chi connectivity index (χ1) is 8.52. The van der Waals surface area contributed by atoms with Gasteiger partial charge >= 0.3 is 0 Å². The van der Waals surface area contributed by atoms with Gasteiger partial charge in [0.15, 0.2) is 0 Å². The second-order valence-electron chi connectivity index (χ2n) is 4.71. The molecule has 0 saturated carbocycles. The Kier molecular flexibility index (Phi) is 3.34. The first-order valence-electron chi connectivity index (χ1n) is 5.95. The summed E-state index contributed by atoms with van der Waals surface area (Å²) in [5.74, 6) is -0.188. The number of fused-ring (bicyclic) bond motifs is 1. The van der Waals surface area contributed by atoms with Gasteiger partial charge in [0.05, 0.1) is 17.3 Å². The number of nitrogens with zero attached hydrogens (tertiary/aromatic N) is 1. The Morgan fingerprint density at radius 2 is 2.33 bits per heavy atom. The molecule has 5 heteroatoms. The second kappa shape index (κ2) is 4.78. The van der Waals surface area contributed by atoms with Gasteiger partial charge in [0.1, 0.15) is 0 Å². The van der Waals surface area contributed by atoms with Crippen LogP contribution >= 0.6 is 0 Å². The second-order valence-corrected chi connectivity index (χ2v) is 4.71. The van der Waals surface area contributed by atoms with E-state index in [9.17, 15) is 9.90 Å². The lowest BCUT2D eigenvalue weighted by Gasteiger charge is -2.21. The average molecular weight is 247 g/mol. The monoisotopic (exact) mass is 247 g/mol. The van der Waals surface area contributed by atoms with Crippen LogP contribution in [0, 0.1) is 0 Å². The number of aliphatic hydroxyl groups is 1. The summed E-state index contributed by atoms with van der Waals surface area (Å²) in [5.41, 5.74) is 0.595. The summed E-state index contributed by atoms with van der Waals surface area (Å²) in [6, 6.07) is 5.32. The van der Waals surface area contributed by atoms with Crippen molar-refractivity contribution in [2.24, 2.45) is 0 Å². The summed E-state index contributed by atoms with van der Waals surface area (Å²) < 4.78 is 0. The molecule has 1 aromatic carbocycles. The molecule has 0 saturated heterocycles. The molecule has 0 aliphatic rings. The van der Waals surface area contributed by atoms with Crippen molar-refractivity contribution in [3.05, 3.63) is 30.0 Å². The number of hydrogen-bond acceptors (Lipinski definition) is 3. The Morgan fingerprint density at radius 1 is 1.56 bits per heavy atom. The van der Waals surface area contributed by atoms with Crippen molar-refractivity contribution in [2.75, 3.05) is 6.54 Å². The van der Waals surface area contributed by atoms with Gasteiger partial charge in [-0.1, -0.05) is 6.92 Å². The summed E-state index contributed by atoms with van der Waals surface area (Å²) in [5, 5.41) is 20.2. The summed E-state index contributed by atoms with van der Waals surface area (Å²) >= 11 is 0. The van der Waals surface area contributed by atoms with Gasteiger partial charge in [0, 0.05) is 17.5 Å². The molecule has 5 nitrogen and oxygen atoms in total. The van der Waals surface area contributed by atoms with E-state index in [0.29, 0.717) is 12.0 Å². The largest absolute Gasteiger partial charge is 0.388 e. The summed E-state index contributed by atoms with van der Waals surface area (Å²) in [6.07, 6.45) is 2.27. The van der Waals surface area contributed by atoms with Crippen LogP contribution in [-0.4, -0.2) is 33.4 Å². The van der Waals surface area contributed by atoms with E-state index in [1.807, 2.05) is 13.0 Å². The van der Waals surface area contributed by atoms with Gasteiger partial charge in [-0.25, -0.2) is 0 Å². The van der Waals surface area contributed by atoms with E-state index < -0.39 is 5.60 Å². The van der Waals surface area contributed by atoms with Crippen molar-refractivity contribution in [3.63, 3.8) is 0 Å². The van der Waals surface area contributed by atoms with E-state index in [-0.39, 0.29) is 12.5 Å². The molecule has 0 bridgehead atoms. The number of H-pyrrole nitrogens is 1. The maximum Gasteiger partial charge on any atom is 0.251 e. The lowest BCUT2D eigenvalue weighted by atomic mass is 10.0. The fourth-order valence-electron chi connectivity index (χ4n) is 1.58. The predicted octanol–water partition coefficient (Wildman–Crippen LogP) is 1.45. The fourth-order valence-corrected chi connectivity index (χ4v) is 1.58. The van der Waals surface area contributed by atoms with E-state index in [4.69, 9.17) is 0 Å². The number of aromatic amines is 1. The highest BCUT2D eigenvalue weighted by Gasteiger charge is 2.18. The highest BCUT2D eigenvalue weighted by atomic mass is 16.3. The molecule has 1 heterocycles. The molecule has 0 spiro atoms. The molecule has 0 fully saturated rings. The molecule has 1 unspecified atom stereocenters. The van der Waals surface area contributed by atoms with Crippen molar-refractivity contribution in [2.45, 2.75) is 25.9 Å². The summed E-state index contributed by atoms with van der Waals surface area (Å²) in [6.45, 7) is 3.82. The number of rotatable bonds is 4. The molecular weight excluding hydrogens is 230 g/mol. The average Bonchev–Trinajstić information content (AvgIpc) is 2.83. The normalized spacial score (nSPS) is 14.4. The van der Waals surface area contributed by atoms with Crippen LogP contribution in [0.15, 0.2) is 24.4 Å². The van der Waals surface area contributed by atoms with Crippen LogP contribution in [0.5, 0.6) is 0 Å². The SMILES string of the molecule is CCC(C)(O)CNC(=O)c1ccc2[nH]ncc2c1. The van der Waals surface area contributed by atoms with E-state index in [2.05, 4.69) is 15.5 Å². The molecule has 3 N–H and O–H groups in total. The Bertz CT molecular complexity index is 560. The zero-order valence-corrected chi connectivity index (χ0v) is 10.5. The van der Waals surface area contributed by atoms with Gasteiger partial charge in [0.25, 0.3) is 5.91 Å². The third kappa shape index (κ3) is 2.68. The van der Waals surface area contributed by atoms with Gasteiger partial charge in [0.2, 0.25) is 0 Å². The number of nitrogens with one attached hydrogen (secondary N) is 2. The van der Waals surface area contributed by atoms with Gasteiger partial charge < -0.3 is 10.4 Å². The zero-order chi connectivity index (χ0) is 13.2. The van der Waals surface area contributed by atoms with Crippen LogP contribution in [0.1, 0.15) is 30.6 Å². The van der Waals surface area contributed by atoms with Gasteiger partial charge in [-0.15, -0.1) is 0 Å². The van der Waals surface area contributed by atoms with Crippen LogP contribution in [-0.2, 0) is 0 Å². The van der Waals surface area contributed by atoms with Crippen molar-refractivity contribution in [1.82, 2.24) is 15.5 Å². The number of hydrogen-bond donors (Lipinski definition) is 3. The lowest BCUT2D eigenvalue weighted by molar-refractivity contribution is 0.0518. The topological polar surface area (TPSA) is 78.0 Å². The smallest absolute Gasteiger partial charge is 0.251 e. The van der Waals surface area contributed by atoms with Gasteiger partial charge in [-0.2, -0.15) is 5.10 Å². The van der Waals surface area contributed by atoms with Gasteiger partial charge in [-0.05, 0) is 31.5 Å². The third-order valence-electron chi connectivity index (χ3n) is 3.09. The number of carbonyl (C=O) groups is 1. The first-order valence-corrected chi connectivity index (χ1v) is 5.95. The number of benzene rings is 1. The van der Waals surface area contributed by atoms with Crippen LogP contribution in [0.2, 0.25) is 0 Å². The summed E-state index contributed by atoms with van der Waals surface area (Å²) in [7, 11) is 0. The molecule has 96 valence electrons. The van der Waals surface area contributed by atoms with Crippen molar-refractivity contribution in [1.29, 1.82) is 0 Å². The molecule has 1 atom stereocenters. The molecule has 1 amide bonds. The van der Waals surface area contributed by atoms with E-state index in [1.54, 1.807) is 25.3 Å². The minimum atomic E-state index is -0.866. The van der Waals surface area contributed by atoms with Crippen LogP contribution < -0.4 is 5.32 Å². The first kappa shape index (κ1) is 12.6. The minimum absolute atomic E-state index is 0.188. The highest BCUT2D eigenvalue weighted by molar-refractivity contribution is 5.97. The van der Waals surface area contributed by atoms with Crippen molar-refractivity contribution in [3.8, 4) is 0 Å². The molecule has 0 aliphatic heterocycles. The van der Waals surface area contributed by atoms with Gasteiger partial charge in [-0.3, -0.25) is 9.89 Å². The number of carbonyl (C=O) groups excluding carboxylic acids is 1. The molecule has 18 heavy (non-hydrogen) atoms. The third-order valence-corrected chi connectivity index (χ3v) is 3.09. The van der Waals surface area contributed by atoms with E-state index >= 15 is 0 Å². The van der Waals surface area contributed by atoms with Crippen LogP contribution in [0.4, 0.5) is 0 Å². The molecular formula is C13H17N3O2. The standard InChI is InChI=1S/C13H17N3O2/c1-3-13(2,18)8-14-12(17)9-4-5-11-10(6-9)7-15-16-11/h4-7,18H,3,8H2,1-2H3,(H,14,17)(H,15,16). The number of aromatic nitrogens is 2. The van der Waals surface area contributed by atoms with Crippen LogP contribution in [0.25, 0.3) is 10.9 Å². The quantitative estimate of drug-likeness (QED) is 0.765. The number of amides is 1. The molecule has 0 radical (unpaired) electrons. The maximum atomic E-state index is 11.9. The zero-order valence-electron chi connectivity index (χ0n) is 10.5. The van der Waals surface area contributed by atoms with Crippen molar-refractivity contribution >= 4 is 16.8 Å². The Labute approximate surface area is 105 Å². The van der Waals surface area contributed by atoms with Crippen LogP contribution in [0.3, 0.4) is 0 Å². The van der Waals surface area contributed by atoms with E-state index in [0.717, 1.165) is 10.9 Å². The lowest BCUT2D eigenvalue weighted by Crippen LogP contribution is -2.40. The minimum Gasteiger partial charge on any atom is -0.388 e. The van der Waals surface area contributed by atoms with Crippen molar-refractivity contribution < 1.29 is 9.90 Å². The molecule has 0 aliphatic carbocycles. The molecule has 1 aromatic heterocycles. The Balaban J connectivity index is 2.08. The fraction of sp³-hybridized carbons (Fsp3) is 0.385. The molecule has 2 rings (SSSR count). The highest BCUT2D eigenvalue weighted by Crippen LogP contribution is 2.13. The van der Waals surface area contributed by atoms with E-state index in [1.165, 1.54) is 0 Å². The Morgan fingerprint density at radius 3 is 3.06 bits per heavy atom.